The Balaban J connectivity index is 1.47. The smallest absolute Gasteiger partial charge is 0.338 e. The Kier molecular flexibility index (Phi) is 8.05. The van der Waals surface area contributed by atoms with Crippen molar-refractivity contribution in [3.8, 4) is 0 Å². The number of halogens is 1. The quantitative estimate of drug-likeness (QED) is 0.314. The summed E-state index contributed by atoms with van der Waals surface area (Å²) >= 11 is 6.25. The Morgan fingerprint density at radius 2 is 1.69 bits per heavy atom. The number of unbranched alkanes of at least 4 members (excludes halogenated alkanes) is 1. The zero-order chi connectivity index (χ0) is 25.7. The number of anilines is 2. The molecular weight excluding hydrogens is 482 g/mol. The molecule has 36 heavy (non-hydrogen) atoms. The monoisotopic (exact) mass is 509 g/mol. The van der Waals surface area contributed by atoms with E-state index in [1.54, 1.807) is 24.3 Å². The van der Waals surface area contributed by atoms with Crippen LogP contribution in [-0.2, 0) is 14.3 Å². The van der Waals surface area contributed by atoms with E-state index in [1.165, 1.54) is 24.3 Å². The third-order valence-corrected chi connectivity index (χ3v) is 6.49. The molecule has 0 spiro atoms. The second-order valence-electron chi connectivity index (χ2n) is 8.73. The summed E-state index contributed by atoms with van der Waals surface area (Å²) in [6.45, 7) is 3.79. The molecule has 0 aromatic heterocycles. The number of piperidine rings is 1. The van der Waals surface area contributed by atoms with Gasteiger partial charge in [0.15, 0.2) is 0 Å². The molecule has 4 rings (SSSR count). The number of benzene rings is 2. The van der Waals surface area contributed by atoms with Gasteiger partial charge >= 0.3 is 5.97 Å². The lowest BCUT2D eigenvalue weighted by Gasteiger charge is -2.26. The van der Waals surface area contributed by atoms with Gasteiger partial charge in [-0.1, -0.05) is 31.0 Å². The molecule has 188 valence electrons. The molecule has 0 unspecified atom stereocenters. The SMILES string of the molecule is CCCCOC(=O)c1ccc(N2C(=O)C(Cl)=C(Nc3cccc(C(=O)N4CCCCC4)c3)C2=O)cc1. The van der Waals surface area contributed by atoms with E-state index >= 15 is 0 Å². The number of ether oxygens (including phenoxy) is 1. The van der Waals surface area contributed by atoms with Crippen molar-refractivity contribution in [3.63, 3.8) is 0 Å². The highest BCUT2D eigenvalue weighted by atomic mass is 35.5. The Hall–Kier alpha value is -3.65. The maximum Gasteiger partial charge on any atom is 0.338 e. The van der Waals surface area contributed by atoms with Crippen LogP contribution < -0.4 is 10.2 Å². The van der Waals surface area contributed by atoms with Crippen LogP contribution in [0.5, 0.6) is 0 Å². The summed E-state index contributed by atoms with van der Waals surface area (Å²) in [6.07, 6.45) is 4.78. The molecule has 1 fully saturated rings. The molecule has 0 bridgehead atoms. The highest BCUT2D eigenvalue weighted by molar-refractivity contribution is 6.53. The number of carbonyl (C=O) groups excluding carboxylic acids is 4. The minimum absolute atomic E-state index is 0.0674. The number of esters is 1. The Morgan fingerprint density at radius 1 is 0.972 bits per heavy atom. The topological polar surface area (TPSA) is 96.0 Å². The van der Waals surface area contributed by atoms with Gasteiger partial charge in [0.2, 0.25) is 0 Å². The molecule has 1 saturated heterocycles. The first kappa shape index (κ1) is 25.4. The number of hydrogen-bond acceptors (Lipinski definition) is 6. The first-order valence-electron chi connectivity index (χ1n) is 12.1. The molecule has 1 N–H and O–H groups in total. The van der Waals surface area contributed by atoms with Gasteiger partial charge in [0.1, 0.15) is 10.7 Å². The highest BCUT2D eigenvalue weighted by Gasteiger charge is 2.39. The predicted octanol–water partition coefficient (Wildman–Crippen LogP) is 4.71. The van der Waals surface area contributed by atoms with Crippen molar-refractivity contribution in [2.75, 3.05) is 29.9 Å². The molecule has 2 aliphatic heterocycles. The number of carbonyl (C=O) groups is 4. The molecule has 0 radical (unpaired) electrons. The van der Waals surface area contributed by atoms with Gasteiger partial charge in [0.25, 0.3) is 17.7 Å². The second-order valence-corrected chi connectivity index (χ2v) is 9.11. The van der Waals surface area contributed by atoms with E-state index in [2.05, 4.69) is 5.32 Å². The molecular formula is C27H28ClN3O5. The lowest BCUT2D eigenvalue weighted by atomic mass is 10.1. The van der Waals surface area contributed by atoms with Gasteiger partial charge in [-0.15, -0.1) is 0 Å². The lowest BCUT2D eigenvalue weighted by molar-refractivity contribution is -0.120. The van der Waals surface area contributed by atoms with Crippen LogP contribution in [0.2, 0.25) is 0 Å². The molecule has 9 heteroatoms. The summed E-state index contributed by atoms with van der Waals surface area (Å²) in [5.41, 5.74) is 1.49. The number of imide groups is 1. The standard InChI is InChI=1S/C27H28ClN3O5/c1-2-3-16-36-27(35)18-10-12-21(13-11-18)31-25(33)22(28)23(26(31)34)29-20-9-7-8-19(17-20)24(32)30-14-5-4-6-15-30/h7-13,17,29H,2-6,14-16H2,1H3. The normalized spacial score (nSPS) is 15.9. The van der Waals surface area contributed by atoms with E-state index in [0.717, 1.165) is 50.1 Å². The van der Waals surface area contributed by atoms with Crippen LogP contribution in [-0.4, -0.2) is 48.3 Å². The van der Waals surface area contributed by atoms with Crippen molar-refractivity contribution in [1.29, 1.82) is 0 Å². The van der Waals surface area contributed by atoms with Crippen molar-refractivity contribution in [3.05, 3.63) is 70.4 Å². The third-order valence-electron chi connectivity index (χ3n) is 6.14. The number of hydrogen-bond donors (Lipinski definition) is 1. The van der Waals surface area contributed by atoms with Crippen LogP contribution in [0.15, 0.2) is 59.3 Å². The van der Waals surface area contributed by atoms with E-state index in [4.69, 9.17) is 16.3 Å². The Bertz CT molecular complexity index is 1200. The maximum atomic E-state index is 13.1. The predicted molar refractivity (Wildman–Crippen MR) is 137 cm³/mol. The van der Waals surface area contributed by atoms with Gasteiger partial charge in [-0.25, -0.2) is 9.69 Å². The summed E-state index contributed by atoms with van der Waals surface area (Å²) in [7, 11) is 0. The molecule has 2 heterocycles. The van der Waals surface area contributed by atoms with Crippen LogP contribution >= 0.6 is 11.6 Å². The molecule has 8 nitrogen and oxygen atoms in total. The zero-order valence-corrected chi connectivity index (χ0v) is 20.8. The van der Waals surface area contributed by atoms with Gasteiger partial charge in [-0.2, -0.15) is 0 Å². The van der Waals surface area contributed by atoms with Gasteiger partial charge in [0.05, 0.1) is 17.9 Å². The molecule has 3 amide bonds. The van der Waals surface area contributed by atoms with Crippen molar-refractivity contribution in [2.24, 2.45) is 0 Å². The minimum atomic E-state index is -0.678. The average Bonchev–Trinajstić information content (AvgIpc) is 3.12. The molecule has 0 saturated carbocycles. The summed E-state index contributed by atoms with van der Waals surface area (Å²) < 4.78 is 5.19. The fourth-order valence-corrected chi connectivity index (χ4v) is 4.35. The summed E-state index contributed by atoms with van der Waals surface area (Å²) in [4.78, 5) is 53.7. The number of nitrogens with zero attached hydrogens (tertiary/aromatic N) is 2. The fourth-order valence-electron chi connectivity index (χ4n) is 4.14. The van der Waals surface area contributed by atoms with Crippen molar-refractivity contribution >= 4 is 46.7 Å². The Labute approximate surface area is 214 Å². The van der Waals surface area contributed by atoms with Crippen LogP contribution in [0, 0.1) is 0 Å². The lowest BCUT2D eigenvalue weighted by Crippen LogP contribution is -2.35. The molecule has 0 aliphatic carbocycles. The molecule has 2 aromatic rings. The minimum Gasteiger partial charge on any atom is -0.462 e. The average molecular weight is 510 g/mol. The van der Waals surface area contributed by atoms with Gasteiger partial charge in [0, 0.05) is 24.3 Å². The summed E-state index contributed by atoms with van der Waals surface area (Å²) in [5.74, 6) is -1.84. The number of amides is 3. The number of likely N-dealkylation sites (tertiary alicyclic amines) is 1. The first-order chi connectivity index (χ1) is 17.4. The van der Waals surface area contributed by atoms with Gasteiger partial charge in [-0.05, 0) is 68.1 Å². The summed E-state index contributed by atoms with van der Waals surface area (Å²) in [5, 5.41) is 2.66. The summed E-state index contributed by atoms with van der Waals surface area (Å²) in [6, 6.07) is 12.8. The number of rotatable bonds is 8. The van der Waals surface area contributed by atoms with Gasteiger partial charge in [-0.3, -0.25) is 14.4 Å². The van der Waals surface area contributed by atoms with Crippen LogP contribution in [0.1, 0.15) is 59.7 Å². The van der Waals surface area contributed by atoms with Crippen molar-refractivity contribution < 1.29 is 23.9 Å². The molecule has 2 aliphatic rings. The zero-order valence-electron chi connectivity index (χ0n) is 20.1. The van der Waals surface area contributed by atoms with E-state index in [-0.39, 0.29) is 22.3 Å². The van der Waals surface area contributed by atoms with Crippen LogP contribution in [0.4, 0.5) is 11.4 Å². The maximum absolute atomic E-state index is 13.1. The molecule has 0 atom stereocenters. The highest BCUT2D eigenvalue weighted by Crippen LogP contribution is 2.30. The van der Waals surface area contributed by atoms with Crippen molar-refractivity contribution in [1.82, 2.24) is 4.90 Å². The van der Waals surface area contributed by atoms with Crippen LogP contribution in [0.25, 0.3) is 0 Å². The second kappa shape index (κ2) is 11.4. The van der Waals surface area contributed by atoms with E-state index < -0.39 is 17.8 Å². The van der Waals surface area contributed by atoms with E-state index in [1.807, 2.05) is 11.8 Å². The van der Waals surface area contributed by atoms with E-state index in [9.17, 15) is 19.2 Å². The van der Waals surface area contributed by atoms with Gasteiger partial charge < -0.3 is 15.0 Å². The fraction of sp³-hybridized carbons (Fsp3) is 0.333. The first-order valence-corrected chi connectivity index (χ1v) is 12.5. The van der Waals surface area contributed by atoms with Crippen molar-refractivity contribution in [2.45, 2.75) is 39.0 Å². The number of nitrogens with one attached hydrogen (secondary N) is 1. The molecule has 2 aromatic carbocycles. The van der Waals surface area contributed by atoms with Crippen LogP contribution in [0.3, 0.4) is 0 Å². The third kappa shape index (κ3) is 5.44. The Morgan fingerprint density at radius 3 is 2.39 bits per heavy atom. The largest absolute Gasteiger partial charge is 0.462 e. The van der Waals surface area contributed by atoms with E-state index in [0.29, 0.717) is 23.4 Å².